The average Bonchev–Trinajstić information content (AvgIpc) is 3.41. The fraction of sp³-hybridized carbons (Fsp3) is 0.238. The monoisotopic (exact) mass is 429 g/mol. The van der Waals surface area contributed by atoms with E-state index in [2.05, 4.69) is 4.98 Å². The second kappa shape index (κ2) is 8.00. The number of imidazole rings is 1. The molecule has 2 aromatic carbocycles. The maximum Gasteiger partial charge on any atom is 0.253 e. The number of likely N-dealkylation sites (tertiary alicyclic amines) is 1. The molecule has 1 unspecified atom stereocenters. The van der Waals surface area contributed by atoms with Crippen molar-refractivity contribution in [2.45, 2.75) is 23.1 Å². The molecule has 0 radical (unpaired) electrons. The summed E-state index contributed by atoms with van der Waals surface area (Å²) in [7, 11) is -3.50. The Bertz CT molecular complexity index is 1100. The van der Waals surface area contributed by atoms with E-state index in [0.717, 1.165) is 5.56 Å². The lowest BCUT2D eigenvalue weighted by molar-refractivity contribution is 0.0793. The van der Waals surface area contributed by atoms with Gasteiger partial charge < -0.3 is 9.47 Å². The molecule has 1 amide bonds. The second-order valence-electron chi connectivity index (χ2n) is 7.09. The van der Waals surface area contributed by atoms with Gasteiger partial charge in [0.15, 0.2) is 9.84 Å². The van der Waals surface area contributed by atoms with E-state index in [0.29, 0.717) is 30.1 Å². The van der Waals surface area contributed by atoms with Crippen molar-refractivity contribution in [2.24, 2.45) is 0 Å². The van der Waals surface area contributed by atoms with Gasteiger partial charge >= 0.3 is 0 Å². The minimum absolute atomic E-state index is 0.145. The Morgan fingerprint density at radius 2 is 1.83 bits per heavy atom. The molecule has 0 spiro atoms. The van der Waals surface area contributed by atoms with E-state index >= 15 is 0 Å². The third-order valence-electron chi connectivity index (χ3n) is 5.14. The van der Waals surface area contributed by atoms with Gasteiger partial charge in [-0.3, -0.25) is 4.79 Å². The summed E-state index contributed by atoms with van der Waals surface area (Å²) in [6, 6.07) is 13.6. The number of sulfone groups is 1. The van der Waals surface area contributed by atoms with Crippen molar-refractivity contribution in [3.8, 4) is 0 Å². The SMILES string of the molecule is O=C(c1ccc(Cn2ccnc2)cc1)N1CCC(S(=O)(=O)c2ccc(Cl)cc2)C1. The summed E-state index contributed by atoms with van der Waals surface area (Å²) >= 11 is 5.85. The largest absolute Gasteiger partial charge is 0.337 e. The number of hydrogen-bond acceptors (Lipinski definition) is 4. The smallest absolute Gasteiger partial charge is 0.253 e. The molecule has 1 saturated heterocycles. The Hall–Kier alpha value is -2.64. The van der Waals surface area contributed by atoms with Gasteiger partial charge in [-0.15, -0.1) is 0 Å². The Kier molecular flexibility index (Phi) is 5.43. The van der Waals surface area contributed by atoms with Crippen molar-refractivity contribution >= 4 is 27.3 Å². The van der Waals surface area contributed by atoms with Crippen LogP contribution in [0.5, 0.6) is 0 Å². The molecule has 8 heteroatoms. The first-order valence-corrected chi connectivity index (χ1v) is 11.2. The summed E-state index contributed by atoms with van der Waals surface area (Å²) in [6.45, 7) is 1.30. The number of benzene rings is 2. The van der Waals surface area contributed by atoms with Crippen molar-refractivity contribution < 1.29 is 13.2 Å². The highest BCUT2D eigenvalue weighted by atomic mass is 35.5. The molecule has 2 heterocycles. The quantitative estimate of drug-likeness (QED) is 0.624. The number of rotatable bonds is 5. The van der Waals surface area contributed by atoms with Crippen molar-refractivity contribution in [2.75, 3.05) is 13.1 Å². The summed E-state index contributed by atoms with van der Waals surface area (Å²) in [5.41, 5.74) is 1.62. The molecule has 0 aliphatic carbocycles. The van der Waals surface area contributed by atoms with Gasteiger partial charge in [0.2, 0.25) is 0 Å². The van der Waals surface area contributed by atoms with E-state index in [1.807, 2.05) is 22.9 Å². The zero-order valence-corrected chi connectivity index (χ0v) is 17.2. The molecule has 1 fully saturated rings. The third-order valence-corrected chi connectivity index (χ3v) is 7.58. The zero-order valence-electron chi connectivity index (χ0n) is 15.6. The Morgan fingerprint density at radius 1 is 1.10 bits per heavy atom. The van der Waals surface area contributed by atoms with Crippen molar-refractivity contribution in [1.29, 1.82) is 0 Å². The van der Waals surface area contributed by atoms with Crippen LogP contribution in [0.25, 0.3) is 0 Å². The van der Waals surface area contributed by atoms with E-state index in [1.165, 1.54) is 12.1 Å². The number of carbonyl (C=O) groups excluding carboxylic acids is 1. The van der Waals surface area contributed by atoms with Crippen LogP contribution in [0.15, 0.2) is 72.1 Å². The van der Waals surface area contributed by atoms with E-state index in [9.17, 15) is 13.2 Å². The molecule has 1 aromatic heterocycles. The van der Waals surface area contributed by atoms with Gasteiger partial charge in [0, 0.05) is 42.6 Å². The van der Waals surface area contributed by atoms with Gasteiger partial charge in [0.25, 0.3) is 5.91 Å². The van der Waals surface area contributed by atoms with Crippen LogP contribution in [0, 0.1) is 0 Å². The van der Waals surface area contributed by atoms with E-state index in [-0.39, 0.29) is 17.3 Å². The molecule has 3 aromatic rings. The summed E-state index contributed by atoms with van der Waals surface area (Å²) in [4.78, 5) is 18.7. The van der Waals surface area contributed by atoms with Gasteiger partial charge in [-0.25, -0.2) is 13.4 Å². The number of hydrogen-bond donors (Lipinski definition) is 0. The van der Waals surface area contributed by atoms with Crippen LogP contribution in [-0.2, 0) is 16.4 Å². The normalized spacial score (nSPS) is 16.9. The number of nitrogens with zero attached hydrogens (tertiary/aromatic N) is 3. The topological polar surface area (TPSA) is 72.3 Å². The van der Waals surface area contributed by atoms with E-state index in [4.69, 9.17) is 11.6 Å². The van der Waals surface area contributed by atoms with Crippen molar-refractivity contribution in [3.05, 3.63) is 83.4 Å². The summed E-state index contributed by atoms with van der Waals surface area (Å²) in [5, 5.41) is -0.114. The highest BCUT2D eigenvalue weighted by Gasteiger charge is 2.36. The number of carbonyl (C=O) groups is 1. The predicted octanol–water partition coefficient (Wildman–Crippen LogP) is 3.27. The van der Waals surface area contributed by atoms with Gasteiger partial charge in [0.1, 0.15) is 0 Å². The third kappa shape index (κ3) is 4.21. The average molecular weight is 430 g/mol. The molecule has 150 valence electrons. The van der Waals surface area contributed by atoms with Crippen LogP contribution in [0.1, 0.15) is 22.3 Å². The zero-order chi connectivity index (χ0) is 20.4. The molecule has 1 atom stereocenters. The van der Waals surface area contributed by atoms with Crippen LogP contribution in [0.4, 0.5) is 0 Å². The highest BCUT2D eigenvalue weighted by Crippen LogP contribution is 2.26. The fourth-order valence-electron chi connectivity index (χ4n) is 3.51. The lowest BCUT2D eigenvalue weighted by Crippen LogP contribution is -2.32. The minimum atomic E-state index is -3.50. The Morgan fingerprint density at radius 3 is 2.48 bits per heavy atom. The maximum atomic E-state index is 12.9. The molecule has 0 N–H and O–H groups in total. The van der Waals surface area contributed by atoms with Crippen LogP contribution in [-0.4, -0.2) is 47.1 Å². The number of amides is 1. The molecule has 0 saturated carbocycles. The number of halogens is 1. The maximum absolute atomic E-state index is 12.9. The molecule has 0 bridgehead atoms. The molecule has 1 aliphatic rings. The second-order valence-corrected chi connectivity index (χ2v) is 9.76. The molecule has 29 heavy (non-hydrogen) atoms. The van der Waals surface area contributed by atoms with Crippen LogP contribution < -0.4 is 0 Å². The first kappa shape index (κ1) is 19.7. The molecule has 1 aliphatic heterocycles. The predicted molar refractivity (Wildman–Crippen MR) is 111 cm³/mol. The molecule has 4 rings (SSSR count). The van der Waals surface area contributed by atoms with Gasteiger partial charge in [-0.1, -0.05) is 23.7 Å². The molecule has 6 nitrogen and oxygen atoms in total. The van der Waals surface area contributed by atoms with Crippen molar-refractivity contribution in [3.63, 3.8) is 0 Å². The van der Waals surface area contributed by atoms with E-state index < -0.39 is 15.1 Å². The lowest BCUT2D eigenvalue weighted by Gasteiger charge is -2.17. The lowest BCUT2D eigenvalue weighted by atomic mass is 10.1. The van der Waals surface area contributed by atoms with Crippen LogP contribution >= 0.6 is 11.6 Å². The summed E-state index contributed by atoms with van der Waals surface area (Å²) < 4.78 is 27.7. The number of aromatic nitrogens is 2. The highest BCUT2D eigenvalue weighted by molar-refractivity contribution is 7.92. The first-order valence-electron chi connectivity index (χ1n) is 9.27. The van der Waals surface area contributed by atoms with Crippen molar-refractivity contribution in [1.82, 2.24) is 14.5 Å². The first-order chi connectivity index (χ1) is 13.9. The molecular weight excluding hydrogens is 410 g/mol. The Labute approximate surface area is 174 Å². The summed E-state index contributed by atoms with van der Waals surface area (Å²) in [6.07, 6.45) is 5.77. The van der Waals surface area contributed by atoms with Crippen LogP contribution in [0.3, 0.4) is 0 Å². The van der Waals surface area contributed by atoms with Crippen LogP contribution in [0.2, 0.25) is 5.02 Å². The van der Waals surface area contributed by atoms with E-state index in [1.54, 1.807) is 41.7 Å². The minimum Gasteiger partial charge on any atom is -0.337 e. The standard InChI is InChI=1S/C21H20ClN3O3S/c22-18-5-7-19(8-6-18)29(27,28)20-9-11-25(14-20)21(26)17-3-1-16(2-4-17)13-24-12-10-23-15-24/h1-8,10,12,15,20H,9,11,13-14H2. The van der Waals surface area contributed by atoms with Gasteiger partial charge in [0.05, 0.1) is 16.5 Å². The summed E-state index contributed by atoms with van der Waals surface area (Å²) in [5.74, 6) is -0.145. The van der Waals surface area contributed by atoms with Gasteiger partial charge in [-0.2, -0.15) is 0 Å². The Balaban J connectivity index is 1.43. The van der Waals surface area contributed by atoms with Gasteiger partial charge in [-0.05, 0) is 48.4 Å². The molecular formula is C21H20ClN3O3S. The fourth-order valence-corrected chi connectivity index (χ4v) is 5.33.